The zero-order valence-electron chi connectivity index (χ0n) is 9.22. The van der Waals surface area contributed by atoms with Crippen molar-refractivity contribution in [3.05, 3.63) is 34.3 Å². The first kappa shape index (κ1) is 11.2. The molecule has 15 heavy (non-hydrogen) atoms. The van der Waals surface area contributed by atoms with E-state index < -0.39 is 0 Å². The monoisotopic (exact) mass is 267 g/mol. The highest BCUT2D eigenvalue weighted by atomic mass is 79.9. The van der Waals surface area contributed by atoms with Gasteiger partial charge in [0.1, 0.15) is 0 Å². The van der Waals surface area contributed by atoms with Crippen molar-refractivity contribution in [3.8, 4) is 0 Å². The third-order valence-corrected chi connectivity index (χ3v) is 4.04. The highest BCUT2D eigenvalue weighted by Gasteiger charge is 2.33. The lowest BCUT2D eigenvalue weighted by molar-refractivity contribution is 0.175. The summed E-state index contributed by atoms with van der Waals surface area (Å²) in [5.74, 6) is 0. The predicted molar refractivity (Wildman–Crippen MR) is 67.9 cm³/mol. The van der Waals surface area contributed by atoms with Crippen LogP contribution >= 0.6 is 15.9 Å². The fraction of sp³-hybridized carbons (Fsp3) is 0.538. The van der Waals surface area contributed by atoms with Crippen LogP contribution in [0.2, 0.25) is 0 Å². The summed E-state index contributed by atoms with van der Waals surface area (Å²) < 4.78 is 1.17. The lowest BCUT2D eigenvalue weighted by Gasteiger charge is -2.42. The molecule has 0 saturated heterocycles. The summed E-state index contributed by atoms with van der Waals surface area (Å²) >= 11 is 3.50. The van der Waals surface area contributed by atoms with E-state index in [1.54, 1.807) is 0 Å². The summed E-state index contributed by atoms with van der Waals surface area (Å²) in [6.45, 7) is 3.28. The number of hydrogen-bond donors (Lipinski definition) is 1. The maximum Gasteiger partial charge on any atom is 0.0211 e. The first-order valence-electron chi connectivity index (χ1n) is 5.74. The van der Waals surface area contributed by atoms with E-state index in [4.69, 9.17) is 0 Å². The Labute approximate surface area is 100 Å². The van der Waals surface area contributed by atoms with E-state index in [2.05, 4.69) is 52.4 Å². The standard InChI is InChI=1S/C13H18BrN/c1-2-13(7-4-8-13)15-10-11-5-3-6-12(14)9-11/h3,5-6,9,15H,2,4,7-8,10H2,1H3. The SMILES string of the molecule is CCC1(NCc2cccc(Br)c2)CCC1. The molecule has 1 fully saturated rings. The molecule has 0 heterocycles. The third kappa shape index (κ3) is 2.61. The molecule has 1 N–H and O–H groups in total. The Morgan fingerprint density at radius 3 is 2.73 bits per heavy atom. The minimum absolute atomic E-state index is 0.447. The van der Waals surface area contributed by atoms with Gasteiger partial charge >= 0.3 is 0 Å². The quantitative estimate of drug-likeness (QED) is 0.874. The lowest BCUT2D eigenvalue weighted by atomic mass is 9.75. The first-order valence-corrected chi connectivity index (χ1v) is 6.53. The molecule has 1 aliphatic rings. The topological polar surface area (TPSA) is 12.0 Å². The minimum atomic E-state index is 0.447. The maximum absolute atomic E-state index is 3.70. The van der Waals surface area contributed by atoms with Gasteiger partial charge in [-0.1, -0.05) is 35.0 Å². The van der Waals surface area contributed by atoms with Crippen LogP contribution in [0.5, 0.6) is 0 Å². The van der Waals surface area contributed by atoms with Gasteiger partial charge in [0.15, 0.2) is 0 Å². The van der Waals surface area contributed by atoms with E-state index in [1.807, 2.05) is 0 Å². The van der Waals surface area contributed by atoms with Crippen LogP contribution in [0.4, 0.5) is 0 Å². The molecule has 0 bridgehead atoms. The molecule has 0 spiro atoms. The molecule has 2 heteroatoms. The van der Waals surface area contributed by atoms with Crippen molar-refractivity contribution in [1.29, 1.82) is 0 Å². The average molecular weight is 268 g/mol. The second kappa shape index (κ2) is 4.67. The van der Waals surface area contributed by atoms with Gasteiger partial charge in [-0.15, -0.1) is 0 Å². The number of hydrogen-bond acceptors (Lipinski definition) is 1. The molecular formula is C13H18BrN. The summed E-state index contributed by atoms with van der Waals surface area (Å²) in [6, 6.07) is 8.54. The third-order valence-electron chi connectivity index (χ3n) is 3.54. The predicted octanol–water partition coefficient (Wildman–Crippen LogP) is 3.87. The second-order valence-corrected chi connectivity index (χ2v) is 5.39. The van der Waals surface area contributed by atoms with E-state index in [9.17, 15) is 0 Å². The van der Waals surface area contributed by atoms with Crippen LogP contribution < -0.4 is 5.32 Å². The lowest BCUT2D eigenvalue weighted by Crippen LogP contribution is -2.49. The molecule has 1 saturated carbocycles. The first-order chi connectivity index (χ1) is 7.24. The Kier molecular flexibility index (Phi) is 3.47. The van der Waals surface area contributed by atoms with Crippen LogP contribution in [-0.2, 0) is 6.54 Å². The molecule has 0 unspecified atom stereocenters. The zero-order chi connectivity index (χ0) is 10.7. The van der Waals surface area contributed by atoms with Crippen LogP contribution in [0.3, 0.4) is 0 Å². The van der Waals surface area contributed by atoms with Gasteiger partial charge in [-0.2, -0.15) is 0 Å². The molecule has 2 rings (SSSR count). The molecule has 82 valence electrons. The van der Waals surface area contributed by atoms with E-state index in [0.717, 1.165) is 6.54 Å². The Morgan fingerprint density at radius 2 is 2.20 bits per heavy atom. The summed E-state index contributed by atoms with van der Waals surface area (Å²) in [5, 5.41) is 3.70. The Hall–Kier alpha value is -0.340. The van der Waals surface area contributed by atoms with Crippen LogP contribution in [-0.4, -0.2) is 5.54 Å². The van der Waals surface area contributed by atoms with Gasteiger partial charge in [0.2, 0.25) is 0 Å². The van der Waals surface area contributed by atoms with Gasteiger partial charge in [0.25, 0.3) is 0 Å². The van der Waals surface area contributed by atoms with Crippen molar-refractivity contribution in [2.75, 3.05) is 0 Å². The van der Waals surface area contributed by atoms with Crippen molar-refractivity contribution in [1.82, 2.24) is 5.32 Å². The van der Waals surface area contributed by atoms with E-state index in [0.29, 0.717) is 5.54 Å². The molecule has 1 aromatic rings. The highest BCUT2D eigenvalue weighted by Crippen LogP contribution is 2.34. The van der Waals surface area contributed by atoms with Crippen molar-refractivity contribution < 1.29 is 0 Å². The summed E-state index contributed by atoms with van der Waals surface area (Å²) in [5.41, 5.74) is 1.81. The Balaban J connectivity index is 1.92. The number of rotatable bonds is 4. The molecular weight excluding hydrogens is 250 g/mol. The molecule has 0 aromatic heterocycles. The molecule has 0 amide bonds. The molecule has 0 atom stereocenters. The Morgan fingerprint density at radius 1 is 1.40 bits per heavy atom. The van der Waals surface area contributed by atoms with E-state index >= 15 is 0 Å². The van der Waals surface area contributed by atoms with Crippen molar-refractivity contribution in [2.24, 2.45) is 0 Å². The molecule has 0 aliphatic heterocycles. The molecule has 1 aliphatic carbocycles. The summed E-state index contributed by atoms with van der Waals surface area (Å²) in [4.78, 5) is 0. The van der Waals surface area contributed by atoms with Gasteiger partial charge in [0, 0.05) is 16.6 Å². The summed E-state index contributed by atoms with van der Waals surface area (Å²) in [7, 11) is 0. The van der Waals surface area contributed by atoms with Crippen LogP contribution in [0.25, 0.3) is 0 Å². The minimum Gasteiger partial charge on any atom is -0.307 e. The largest absolute Gasteiger partial charge is 0.307 e. The zero-order valence-corrected chi connectivity index (χ0v) is 10.8. The Bertz CT molecular complexity index is 326. The summed E-state index contributed by atoms with van der Waals surface area (Å²) in [6.07, 6.45) is 5.33. The van der Waals surface area contributed by atoms with Gasteiger partial charge in [0.05, 0.1) is 0 Å². The second-order valence-electron chi connectivity index (χ2n) is 4.47. The van der Waals surface area contributed by atoms with Crippen LogP contribution in [0, 0.1) is 0 Å². The van der Waals surface area contributed by atoms with Crippen LogP contribution in [0.1, 0.15) is 38.2 Å². The number of halogens is 1. The fourth-order valence-corrected chi connectivity index (χ4v) is 2.64. The highest BCUT2D eigenvalue weighted by molar-refractivity contribution is 9.10. The average Bonchev–Trinajstić information content (AvgIpc) is 2.17. The van der Waals surface area contributed by atoms with Crippen molar-refractivity contribution in [3.63, 3.8) is 0 Å². The van der Waals surface area contributed by atoms with E-state index in [1.165, 1.54) is 35.7 Å². The van der Waals surface area contributed by atoms with Gasteiger partial charge < -0.3 is 5.32 Å². The van der Waals surface area contributed by atoms with Crippen molar-refractivity contribution >= 4 is 15.9 Å². The molecule has 0 radical (unpaired) electrons. The molecule has 1 nitrogen and oxygen atoms in total. The van der Waals surface area contributed by atoms with Gasteiger partial charge in [-0.05, 0) is 43.4 Å². The number of nitrogens with one attached hydrogen (secondary N) is 1. The normalized spacial score (nSPS) is 18.5. The molecule has 1 aromatic carbocycles. The van der Waals surface area contributed by atoms with Gasteiger partial charge in [-0.3, -0.25) is 0 Å². The number of benzene rings is 1. The smallest absolute Gasteiger partial charge is 0.0211 e. The van der Waals surface area contributed by atoms with Gasteiger partial charge in [-0.25, -0.2) is 0 Å². The maximum atomic E-state index is 3.70. The van der Waals surface area contributed by atoms with E-state index in [-0.39, 0.29) is 0 Å². The van der Waals surface area contributed by atoms with Crippen LogP contribution in [0.15, 0.2) is 28.7 Å². The fourth-order valence-electron chi connectivity index (χ4n) is 2.20. The van der Waals surface area contributed by atoms with Crippen molar-refractivity contribution in [2.45, 2.75) is 44.7 Å².